The zero-order valence-corrected chi connectivity index (χ0v) is 17.5. The van der Waals surface area contributed by atoms with E-state index < -0.39 is 17.4 Å². The molecule has 0 spiro atoms. The van der Waals surface area contributed by atoms with Crippen molar-refractivity contribution in [2.75, 3.05) is 13.1 Å². The van der Waals surface area contributed by atoms with Crippen molar-refractivity contribution >= 4 is 6.03 Å². The summed E-state index contributed by atoms with van der Waals surface area (Å²) in [6.45, 7) is 0.733. The standard InChI is InChI=1S/C22H24F3N5O2/c1-29-19(17-10-5-11-18(15-17)22(23,24)25)28-30(21(29)32)14-13-27-20(31)26-12-6-9-16-7-3-2-4-8-16/h2-5,7-8,10-11,15H,6,9,12-14H2,1H3,(H2,26,27,31). The van der Waals surface area contributed by atoms with Crippen LogP contribution >= 0.6 is 0 Å². The van der Waals surface area contributed by atoms with E-state index in [0.29, 0.717) is 6.54 Å². The number of rotatable bonds is 8. The Morgan fingerprint density at radius 1 is 1.03 bits per heavy atom. The van der Waals surface area contributed by atoms with Crippen molar-refractivity contribution < 1.29 is 18.0 Å². The van der Waals surface area contributed by atoms with Crippen molar-refractivity contribution in [1.82, 2.24) is 25.0 Å². The molecule has 0 radical (unpaired) electrons. The van der Waals surface area contributed by atoms with E-state index >= 15 is 0 Å². The average Bonchev–Trinajstić information content (AvgIpc) is 3.06. The van der Waals surface area contributed by atoms with Gasteiger partial charge in [-0.25, -0.2) is 14.3 Å². The Labute approximate surface area is 182 Å². The first kappa shape index (κ1) is 23.1. The Bertz CT molecular complexity index is 1110. The summed E-state index contributed by atoms with van der Waals surface area (Å²) in [5.74, 6) is 0.117. The summed E-state index contributed by atoms with van der Waals surface area (Å²) in [4.78, 5) is 24.3. The van der Waals surface area contributed by atoms with E-state index in [4.69, 9.17) is 0 Å². The third-order valence-electron chi connectivity index (χ3n) is 4.87. The van der Waals surface area contributed by atoms with Crippen molar-refractivity contribution in [3.8, 4) is 11.4 Å². The van der Waals surface area contributed by atoms with Gasteiger partial charge in [0.15, 0.2) is 5.82 Å². The summed E-state index contributed by atoms with van der Waals surface area (Å²) in [6, 6.07) is 14.2. The van der Waals surface area contributed by atoms with Gasteiger partial charge in [-0.15, -0.1) is 5.10 Å². The van der Waals surface area contributed by atoms with E-state index in [1.165, 1.54) is 29.3 Å². The zero-order chi connectivity index (χ0) is 23.1. The van der Waals surface area contributed by atoms with Crippen molar-refractivity contribution in [3.05, 3.63) is 76.2 Å². The highest BCUT2D eigenvalue weighted by molar-refractivity contribution is 5.73. The highest BCUT2D eigenvalue weighted by Crippen LogP contribution is 2.31. The summed E-state index contributed by atoms with van der Waals surface area (Å²) >= 11 is 0. The minimum Gasteiger partial charge on any atom is -0.338 e. The molecular weight excluding hydrogens is 423 g/mol. The minimum atomic E-state index is -4.49. The van der Waals surface area contributed by atoms with E-state index in [2.05, 4.69) is 15.7 Å². The molecule has 3 aromatic rings. The lowest BCUT2D eigenvalue weighted by atomic mass is 10.1. The van der Waals surface area contributed by atoms with Crippen LogP contribution < -0.4 is 16.3 Å². The van der Waals surface area contributed by atoms with Crippen LogP contribution in [0.3, 0.4) is 0 Å². The van der Waals surface area contributed by atoms with Crippen molar-refractivity contribution in [2.24, 2.45) is 7.05 Å². The molecule has 2 aromatic carbocycles. The van der Waals surface area contributed by atoms with Gasteiger partial charge in [0.2, 0.25) is 0 Å². The summed E-state index contributed by atoms with van der Waals surface area (Å²) in [6.07, 6.45) is -2.85. The molecule has 3 rings (SSSR count). The molecule has 32 heavy (non-hydrogen) atoms. The fourth-order valence-corrected chi connectivity index (χ4v) is 3.20. The molecule has 170 valence electrons. The molecule has 0 fully saturated rings. The van der Waals surface area contributed by atoms with Gasteiger partial charge in [0.25, 0.3) is 0 Å². The van der Waals surface area contributed by atoms with Gasteiger partial charge < -0.3 is 10.6 Å². The predicted molar refractivity (Wildman–Crippen MR) is 114 cm³/mol. The molecule has 1 aromatic heterocycles. The Balaban J connectivity index is 1.51. The van der Waals surface area contributed by atoms with Gasteiger partial charge in [0.05, 0.1) is 12.1 Å². The predicted octanol–water partition coefficient (Wildman–Crippen LogP) is 3.20. The Kier molecular flexibility index (Phi) is 7.34. The van der Waals surface area contributed by atoms with Crippen LogP contribution in [-0.2, 0) is 26.2 Å². The molecule has 0 aliphatic rings. The summed E-state index contributed by atoms with van der Waals surface area (Å²) in [5.41, 5.74) is 0.0770. The number of hydrogen-bond acceptors (Lipinski definition) is 3. The van der Waals surface area contributed by atoms with Gasteiger partial charge in [0.1, 0.15) is 0 Å². The van der Waals surface area contributed by atoms with E-state index in [1.54, 1.807) is 0 Å². The molecule has 7 nitrogen and oxygen atoms in total. The van der Waals surface area contributed by atoms with Crippen molar-refractivity contribution in [1.29, 1.82) is 0 Å². The smallest absolute Gasteiger partial charge is 0.338 e. The van der Waals surface area contributed by atoms with Gasteiger partial charge >= 0.3 is 17.9 Å². The van der Waals surface area contributed by atoms with E-state index in [9.17, 15) is 22.8 Å². The number of nitrogens with one attached hydrogen (secondary N) is 2. The van der Waals surface area contributed by atoms with Crippen molar-refractivity contribution in [2.45, 2.75) is 25.6 Å². The Morgan fingerprint density at radius 3 is 2.47 bits per heavy atom. The van der Waals surface area contributed by atoms with Crippen LogP contribution in [-0.4, -0.2) is 33.5 Å². The van der Waals surface area contributed by atoms with Crippen LogP contribution in [0.25, 0.3) is 11.4 Å². The molecule has 0 unspecified atom stereocenters. The van der Waals surface area contributed by atoms with Crippen molar-refractivity contribution in [3.63, 3.8) is 0 Å². The highest BCUT2D eigenvalue weighted by Gasteiger charge is 2.30. The van der Waals surface area contributed by atoms with Gasteiger partial charge in [-0.2, -0.15) is 13.2 Å². The number of amides is 2. The largest absolute Gasteiger partial charge is 0.416 e. The number of aromatic nitrogens is 3. The monoisotopic (exact) mass is 447 g/mol. The van der Waals surface area contributed by atoms with Gasteiger partial charge in [-0.05, 0) is 30.5 Å². The summed E-state index contributed by atoms with van der Waals surface area (Å²) in [7, 11) is 1.44. The van der Waals surface area contributed by atoms with Crippen LogP contribution in [0.15, 0.2) is 59.4 Å². The number of carbonyl (C=O) groups is 1. The first-order valence-corrected chi connectivity index (χ1v) is 10.1. The average molecular weight is 447 g/mol. The molecule has 0 bridgehead atoms. The first-order valence-electron chi connectivity index (χ1n) is 10.1. The lowest BCUT2D eigenvalue weighted by molar-refractivity contribution is -0.137. The third kappa shape index (κ3) is 5.99. The quantitative estimate of drug-likeness (QED) is 0.521. The van der Waals surface area contributed by atoms with Crippen LogP contribution in [0.2, 0.25) is 0 Å². The molecule has 0 aliphatic heterocycles. The number of benzene rings is 2. The number of urea groups is 1. The number of carbonyl (C=O) groups excluding carboxylic acids is 1. The molecule has 0 saturated heterocycles. The van der Waals surface area contributed by atoms with Gasteiger partial charge in [-0.3, -0.25) is 4.57 Å². The second-order valence-electron chi connectivity index (χ2n) is 7.24. The Hall–Kier alpha value is -3.56. The zero-order valence-electron chi connectivity index (χ0n) is 17.5. The second kappa shape index (κ2) is 10.2. The topological polar surface area (TPSA) is 81.0 Å². The molecular formula is C22H24F3N5O2. The second-order valence-corrected chi connectivity index (χ2v) is 7.24. The lowest BCUT2D eigenvalue weighted by Crippen LogP contribution is -2.39. The molecule has 2 amide bonds. The SMILES string of the molecule is Cn1c(-c2cccc(C(F)(F)F)c2)nn(CCNC(=O)NCCCc2ccccc2)c1=O. The molecule has 10 heteroatoms. The maximum absolute atomic E-state index is 13.0. The summed E-state index contributed by atoms with van der Waals surface area (Å²) < 4.78 is 41.2. The lowest BCUT2D eigenvalue weighted by Gasteiger charge is -2.08. The normalized spacial score (nSPS) is 11.4. The molecule has 0 saturated carbocycles. The Morgan fingerprint density at radius 2 is 1.75 bits per heavy atom. The fourth-order valence-electron chi connectivity index (χ4n) is 3.20. The maximum atomic E-state index is 13.0. The highest BCUT2D eigenvalue weighted by atomic mass is 19.4. The maximum Gasteiger partial charge on any atom is 0.416 e. The molecule has 1 heterocycles. The third-order valence-corrected chi connectivity index (χ3v) is 4.87. The summed E-state index contributed by atoms with van der Waals surface area (Å²) in [5, 5.41) is 9.53. The van der Waals surface area contributed by atoms with Crippen LogP contribution in [0.1, 0.15) is 17.5 Å². The molecule has 0 aliphatic carbocycles. The van der Waals surface area contributed by atoms with Gasteiger partial charge in [-0.1, -0.05) is 42.5 Å². The number of nitrogens with zero attached hydrogens (tertiary/aromatic N) is 3. The van der Waals surface area contributed by atoms with E-state index in [1.807, 2.05) is 30.3 Å². The number of hydrogen-bond donors (Lipinski definition) is 2. The molecule has 2 N–H and O–H groups in total. The number of aryl methyl sites for hydroxylation is 1. The number of alkyl halides is 3. The molecule has 0 atom stereocenters. The van der Waals surface area contributed by atoms with E-state index in [-0.39, 0.29) is 30.5 Å². The minimum absolute atomic E-state index is 0.0864. The van der Waals surface area contributed by atoms with Crippen LogP contribution in [0, 0.1) is 0 Å². The van der Waals surface area contributed by atoms with Crippen LogP contribution in [0.4, 0.5) is 18.0 Å². The van der Waals surface area contributed by atoms with Gasteiger partial charge in [0, 0.05) is 25.7 Å². The van der Waals surface area contributed by atoms with Crippen LogP contribution in [0.5, 0.6) is 0 Å². The fraction of sp³-hybridized carbons (Fsp3) is 0.318. The number of halogens is 3. The van der Waals surface area contributed by atoms with E-state index in [0.717, 1.165) is 29.7 Å². The first-order chi connectivity index (χ1) is 15.3.